The number of hydrogen-bond donors (Lipinski definition) is 3. The summed E-state index contributed by atoms with van der Waals surface area (Å²) in [4.78, 5) is 13.2. The van der Waals surface area contributed by atoms with Gasteiger partial charge in [0.1, 0.15) is 24.1 Å². The molecule has 3 rings (SSSR count). The van der Waals surface area contributed by atoms with E-state index in [1.165, 1.54) is 19.3 Å². The van der Waals surface area contributed by atoms with Gasteiger partial charge in [-0.2, -0.15) is 5.10 Å². The first-order chi connectivity index (χ1) is 9.74. The van der Waals surface area contributed by atoms with Crippen LogP contribution in [0.4, 0.5) is 5.82 Å². The monoisotopic (exact) mass is 274 g/mol. The van der Waals surface area contributed by atoms with Gasteiger partial charge in [-0.05, 0) is 19.8 Å². The maximum atomic E-state index is 8.92. The van der Waals surface area contributed by atoms with E-state index in [1.807, 2.05) is 13.0 Å². The molecule has 7 heteroatoms. The van der Waals surface area contributed by atoms with Crippen molar-refractivity contribution in [3.8, 4) is 0 Å². The molecular formula is C13H18N6O. The zero-order valence-corrected chi connectivity index (χ0v) is 11.4. The molecule has 0 aromatic carbocycles. The summed E-state index contributed by atoms with van der Waals surface area (Å²) in [5, 5.41) is 18.8. The minimum absolute atomic E-state index is 0.158. The molecule has 1 saturated carbocycles. The first-order valence-corrected chi connectivity index (χ1v) is 6.85. The van der Waals surface area contributed by atoms with Gasteiger partial charge in [-0.1, -0.05) is 6.42 Å². The van der Waals surface area contributed by atoms with Crippen LogP contribution in [-0.4, -0.2) is 30.3 Å². The number of aromatic amines is 1. The fraction of sp³-hybridized carbons (Fsp3) is 0.538. The van der Waals surface area contributed by atoms with Gasteiger partial charge in [-0.3, -0.25) is 5.10 Å². The van der Waals surface area contributed by atoms with Crippen LogP contribution < -0.4 is 5.32 Å². The molecule has 1 aliphatic rings. The lowest BCUT2D eigenvalue weighted by atomic mass is 9.85. The molecular weight excluding hydrogens is 256 g/mol. The van der Waals surface area contributed by atoms with Gasteiger partial charge in [0.25, 0.3) is 0 Å². The van der Waals surface area contributed by atoms with Crippen molar-refractivity contribution in [3.05, 3.63) is 29.2 Å². The van der Waals surface area contributed by atoms with Crippen LogP contribution >= 0.6 is 0 Å². The SMILES string of the molecule is Cc1cc(NCc2nc(CO)n[nH]2)nc(C2CCC2)n1. The number of aryl methyl sites for hydroxylation is 1. The molecule has 0 saturated heterocycles. The van der Waals surface area contributed by atoms with Crippen LogP contribution in [0.25, 0.3) is 0 Å². The molecule has 0 bridgehead atoms. The second-order valence-electron chi connectivity index (χ2n) is 5.09. The Bertz CT molecular complexity index is 592. The topological polar surface area (TPSA) is 99.6 Å². The fourth-order valence-corrected chi connectivity index (χ4v) is 2.19. The lowest BCUT2D eigenvalue weighted by molar-refractivity contribution is 0.271. The van der Waals surface area contributed by atoms with Crippen molar-refractivity contribution in [1.29, 1.82) is 0 Å². The van der Waals surface area contributed by atoms with Crippen LogP contribution in [0.15, 0.2) is 6.07 Å². The molecule has 2 heterocycles. The quantitative estimate of drug-likeness (QED) is 0.759. The highest BCUT2D eigenvalue weighted by atomic mass is 16.3. The smallest absolute Gasteiger partial charge is 0.176 e. The highest BCUT2D eigenvalue weighted by molar-refractivity contribution is 5.36. The molecule has 0 spiro atoms. The standard InChI is InChI=1S/C13H18N6O/c1-8-5-10(17-13(15-8)9-3-2-4-9)14-6-11-16-12(7-20)19-18-11/h5,9,20H,2-4,6-7H2,1H3,(H,14,15,17)(H,16,18,19). The molecule has 0 unspecified atom stereocenters. The van der Waals surface area contributed by atoms with Gasteiger partial charge in [0.05, 0.1) is 6.54 Å². The largest absolute Gasteiger partial charge is 0.388 e. The van der Waals surface area contributed by atoms with Gasteiger partial charge in [-0.15, -0.1) is 0 Å². The normalized spacial score (nSPS) is 15.1. The van der Waals surface area contributed by atoms with Gasteiger partial charge in [0, 0.05) is 17.7 Å². The van der Waals surface area contributed by atoms with Gasteiger partial charge < -0.3 is 10.4 Å². The van der Waals surface area contributed by atoms with Crippen LogP contribution in [-0.2, 0) is 13.2 Å². The minimum Gasteiger partial charge on any atom is -0.388 e. The van der Waals surface area contributed by atoms with Crippen molar-refractivity contribution < 1.29 is 5.11 Å². The Balaban J connectivity index is 1.68. The summed E-state index contributed by atoms with van der Waals surface area (Å²) in [6.45, 7) is 2.32. The van der Waals surface area contributed by atoms with Crippen molar-refractivity contribution in [2.75, 3.05) is 5.32 Å². The zero-order valence-electron chi connectivity index (χ0n) is 11.4. The van der Waals surface area contributed by atoms with Crippen LogP contribution in [0.2, 0.25) is 0 Å². The predicted octanol–water partition coefficient (Wildman–Crippen LogP) is 1.28. The second kappa shape index (κ2) is 5.54. The maximum absolute atomic E-state index is 8.92. The third-order valence-corrected chi connectivity index (χ3v) is 3.50. The van der Waals surface area contributed by atoms with E-state index in [-0.39, 0.29) is 6.61 Å². The Labute approximate surface area is 116 Å². The number of nitrogens with zero attached hydrogens (tertiary/aromatic N) is 4. The predicted molar refractivity (Wildman–Crippen MR) is 73.0 cm³/mol. The summed E-state index contributed by atoms with van der Waals surface area (Å²) in [6.07, 6.45) is 3.64. The molecule has 0 aliphatic heterocycles. The minimum atomic E-state index is -0.158. The number of hydrogen-bond acceptors (Lipinski definition) is 6. The summed E-state index contributed by atoms with van der Waals surface area (Å²) >= 11 is 0. The Hall–Kier alpha value is -2.02. The molecule has 1 fully saturated rings. The highest BCUT2D eigenvalue weighted by Gasteiger charge is 2.22. The van der Waals surface area contributed by atoms with Crippen LogP contribution in [0.1, 0.15) is 48.3 Å². The van der Waals surface area contributed by atoms with E-state index in [1.54, 1.807) is 0 Å². The molecule has 20 heavy (non-hydrogen) atoms. The molecule has 1 aliphatic carbocycles. The first-order valence-electron chi connectivity index (χ1n) is 6.85. The van der Waals surface area contributed by atoms with Gasteiger partial charge in [0.2, 0.25) is 0 Å². The second-order valence-corrected chi connectivity index (χ2v) is 5.09. The molecule has 2 aromatic heterocycles. The lowest BCUT2D eigenvalue weighted by Crippen LogP contribution is -2.14. The van der Waals surface area contributed by atoms with E-state index in [0.717, 1.165) is 17.3 Å². The number of anilines is 1. The van der Waals surface area contributed by atoms with Crippen molar-refractivity contribution in [2.45, 2.75) is 45.3 Å². The molecule has 7 nitrogen and oxygen atoms in total. The molecule has 106 valence electrons. The lowest BCUT2D eigenvalue weighted by Gasteiger charge is -2.24. The molecule has 0 radical (unpaired) electrons. The van der Waals surface area contributed by atoms with E-state index in [4.69, 9.17) is 5.11 Å². The van der Waals surface area contributed by atoms with E-state index < -0.39 is 0 Å². The number of rotatable bonds is 5. The van der Waals surface area contributed by atoms with Gasteiger partial charge in [-0.25, -0.2) is 15.0 Å². The van der Waals surface area contributed by atoms with Crippen molar-refractivity contribution in [3.63, 3.8) is 0 Å². The van der Waals surface area contributed by atoms with Crippen molar-refractivity contribution in [2.24, 2.45) is 0 Å². The Morgan fingerprint density at radius 1 is 1.35 bits per heavy atom. The van der Waals surface area contributed by atoms with Gasteiger partial charge in [0.15, 0.2) is 5.82 Å². The number of aliphatic hydroxyl groups excluding tert-OH is 1. The summed E-state index contributed by atoms with van der Waals surface area (Å²) in [6, 6.07) is 1.92. The van der Waals surface area contributed by atoms with E-state index in [2.05, 4.69) is 30.5 Å². The fourth-order valence-electron chi connectivity index (χ4n) is 2.19. The summed E-state index contributed by atoms with van der Waals surface area (Å²) in [5.41, 5.74) is 0.970. The Kier molecular flexibility index (Phi) is 3.60. The van der Waals surface area contributed by atoms with E-state index in [0.29, 0.717) is 24.1 Å². The molecule has 0 atom stereocenters. The van der Waals surface area contributed by atoms with Crippen molar-refractivity contribution >= 4 is 5.82 Å². The number of H-pyrrole nitrogens is 1. The zero-order chi connectivity index (χ0) is 13.9. The van der Waals surface area contributed by atoms with Crippen molar-refractivity contribution in [1.82, 2.24) is 25.1 Å². The third kappa shape index (κ3) is 2.77. The van der Waals surface area contributed by atoms with Crippen LogP contribution in [0, 0.1) is 6.92 Å². The molecule has 2 aromatic rings. The number of nitrogens with one attached hydrogen (secondary N) is 2. The van der Waals surface area contributed by atoms with Crippen LogP contribution in [0.3, 0.4) is 0 Å². The summed E-state index contributed by atoms with van der Waals surface area (Å²) < 4.78 is 0. The summed E-state index contributed by atoms with van der Waals surface area (Å²) in [7, 11) is 0. The molecule has 0 amide bonds. The Morgan fingerprint density at radius 3 is 2.85 bits per heavy atom. The number of aliphatic hydroxyl groups is 1. The average molecular weight is 274 g/mol. The first kappa shape index (κ1) is 13.0. The Morgan fingerprint density at radius 2 is 2.20 bits per heavy atom. The highest BCUT2D eigenvalue weighted by Crippen LogP contribution is 2.34. The molecule has 3 N–H and O–H groups in total. The van der Waals surface area contributed by atoms with E-state index in [9.17, 15) is 0 Å². The van der Waals surface area contributed by atoms with E-state index >= 15 is 0 Å². The third-order valence-electron chi connectivity index (χ3n) is 3.50. The van der Waals surface area contributed by atoms with Crippen LogP contribution in [0.5, 0.6) is 0 Å². The number of aromatic nitrogens is 5. The van der Waals surface area contributed by atoms with Gasteiger partial charge >= 0.3 is 0 Å². The summed E-state index contributed by atoms with van der Waals surface area (Å²) in [5.74, 6) is 3.33. The maximum Gasteiger partial charge on any atom is 0.176 e. The average Bonchev–Trinajstić information content (AvgIpc) is 2.81.